The Morgan fingerprint density at radius 3 is 2.59 bits per heavy atom. The number of benzene rings is 1. The molecule has 1 N–H and O–H groups in total. The van der Waals surface area contributed by atoms with E-state index in [4.69, 9.17) is 9.47 Å². The Labute approximate surface area is 117 Å². The van der Waals surface area contributed by atoms with Gasteiger partial charge in [0.05, 0.1) is 12.1 Å². The molecular weight excluding hydrogens is 354 g/mol. The Balaban J connectivity index is 2.66. The van der Waals surface area contributed by atoms with Crippen LogP contribution in [0.25, 0.3) is 0 Å². The van der Waals surface area contributed by atoms with E-state index >= 15 is 0 Å². The number of halogens is 2. The average Bonchev–Trinajstić information content (AvgIpc) is 2.33. The van der Waals surface area contributed by atoms with Gasteiger partial charge in [0.15, 0.2) is 6.29 Å². The Kier molecular flexibility index (Phi) is 6.11. The molecule has 0 radical (unpaired) electrons. The zero-order chi connectivity index (χ0) is 12.8. The van der Waals surface area contributed by atoms with Crippen molar-refractivity contribution in [3.63, 3.8) is 0 Å². The van der Waals surface area contributed by atoms with Crippen molar-refractivity contribution in [2.45, 2.75) is 6.29 Å². The topological polar surface area (TPSA) is 47.6 Å². The number of amides is 1. The molecule has 0 heterocycles. The number of ether oxygens (including phenoxy) is 2. The summed E-state index contributed by atoms with van der Waals surface area (Å²) in [6.45, 7) is 0.296. The van der Waals surface area contributed by atoms with Gasteiger partial charge in [-0.1, -0.05) is 15.9 Å². The monoisotopic (exact) mass is 365 g/mol. The van der Waals surface area contributed by atoms with Gasteiger partial charge in [-0.05, 0) is 34.1 Å². The van der Waals surface area contributed by atoms with Crippen LogP contribution in [0.1, 0.15) is 10.4 Å². The molecule has 0 saturated carbocycles. The van der Waals surface area contributed by atoms with Gasteiger partial charge in [0, 0.05) is 23.2 Å². The Morgan fingerprint density at radius 2 is 2.00 bits per heavy atom. The van der Waals surface area contributed by atoms with Crippen molar-refractivity contribution in [1.82, 2.24) is 5.32 Å². The minimum atomic E-state index is -0.440. The molecule has 0 aromatic heterocycles. The van der Waals surface area contributed by atoms with Gasteiger partial charge < -0.3 is 14.8 Å². The molecule has 0 atom stereocenters. The Bertz CT molecular complexity index is 394. The first kappa shape index (κ1) is 14.6. The maximum absolute atomic E-state index is 11.9. The van der Waals surface area contributed by atoms with Crippen LogP contribution >= 0.6 is 31.9 Å². The molecule has 1 aromatic carbocycles. The maximum atomic E-state index is 11.9. The van der Waals surface area contributed by atoms with Crippen LogP contribution in [0.4, 0.5) is 0 Å². The number of nitrogens with one attached hydrogen (secondary N) is 1. The molecule has 1 amide bonds. The van der Waals surface area contributed by atoms with Gasteiger partial charge in [0.2, 0.25) is 0 Å². The molecule has 0 bridgehead atoms. The summed E-state index contributed by atoms with van der Waals surface area (Å²) < 4.78 is 11.6. The van der Waals surface area contributed by atoms with Gasteiger partial charge in [-0.2, -0.15) is 0 Å². The summed E-state index contributed by atoms with van der Waals surface area (Å²) in [5.41, 5.74) is 0.560. The lowest BCUT2D eigenvalue weighted by atomic mass is 10.2. The first-order valence-electron chi connectivity index (χ1n) is 4.87. The first-order chi connectivity index (χ1) is 8.08. The SMILES string of the molecule is COC(CNC(=O)c1cc(Br)ccc1Br)OC. The molecular formula is C11H13Br2NO3. The fraction of sp³-hybridized carbons (Fsp3) is 0.364. The lowest BCUT2D eigenvalue weighted by Crippen LogP contribution is -2.34. The molecule has 1 aromatic rings. The van der Waals surface area contributed by atoms with Crippen LogP contribution in [0.5, 0.6) is 0 Å². The van der Waals surface area contributed by atoms with Crippen molar-refractivity contribution in [3.8, 4) is 0 Å². The molecule has 94 valence electrons. The fourth-order valence-corrected chi connectivity index (χ4v) is 1.99. The van der Waals surface area contributed by atoms with Crippen LogP contribution in [-0.2, 0) is 9.47 Å². The molecule has 0 saturated heterocycles. The third-order valence-corrected chi connectivity index (χ3v) is 3.31. The van der Waals surface area contributed by atoms with E-state index in [0.29, 0.717) is 12.1 Å². The van der Waals surface area contributed by atoms with E-state index in [0.717, 1.165) is 8.95 Å². The largest absolute Gasteiger partial charge is 0.354 e. The number of carbonyl (C=O) groups is 1. The summed E-state index contributed by atoms with van der Waals surface area (Å²) in [5, 5.41) is 2.73. The Hall–Kier alpha value is -0.430. The zero-order valence-electron chi connectivity index (χ0n) is 9.50. The summed E-state index contributed by atoms with van der Waals surface area (Å²) in [6.07, 6.45) is -0.440. The number of hydrogen-bond acceptors (Lipinski definition) is 3. The molecule has 6 heteroatoms. The minimum Gasteiger partial charge on any atom is -0.354 e. The van der Waals surface area contributed by atoms with E-state index in [-0.39, 0.29) is 5.91 Å². The summed E-state index contributed by atoms with van der Waals surface area (Å²) in [4.78, 5) is 11.9. The zero-order valence-corrected chi connectivity index (χ0v) is 12.7. The van der Waals surface area contributed by atoms with Crippen LogP contribution in [0.2, 0.25) is 0 Å². The van der Waals surface area contributed by atoms with Gasteiger partial charge in [0.1, 0.15) is 0 Å². The van der Waals surface area contributed by atoms with Crippen molar-refractivity contribution in [3.05, 3.63) is 32.7 Å². The van der Waals surface area contributed by atoms with E-state index in [2.05, 4.69) is 37.2 Å². The predicted molar refractivity (Wildman–Crippen MR) is 72.0 cm³/mol. The van der Waals surface area contributed by atoms with Crippen molar-refractivity contribution < 1.29 is 14.3 Å². The highest BCUT2D eigenvalue weighted by Crippen LogP contribution is 2.21. The van der Waals surface area contributed by atoms with Crippen LogP contribution < -0.4 is 5.32 Å². The average molecular weight is 367 g/mol. The molecule has 0 spiro atoms. The summed E-state index contributed by atoms with van der Waals surface area (Å²) in [6, 6.07) is 5.41. The van der Waals surface area contributed by atoms with Gasteiger partial charge in [-0.25, -0.2) is 0 Å². The third-order valence-electron chi connectivity index (χ3n) is 2.13. The van der Waals surface area contributed by atoms with E-state index < -0.39 is 6.29 Å². The van der Waals surface area contributed by atoms with E-state index in [9.17, 15) is 4.79 Å². The first-order valence-corrected chi connectivity index (χ1v) is 6.46. The van der Waals surface area contributed by atoms with Crippen LogP contribution in [0.3, 0.4) is 0 Å². The van der Waals surface area contributed by atoms with E-state index in [1.165, 1.54) is 14.2 Å². The second-order valence-electron chi connectivity index (χ2n) is 3.24. The normalized spacial score (nSPS) is 10.6. The maximum Gasteiger partial charge on any atom is 0.252 e. The summed E-state index contributed by atoms with van der Waals surface area (Å²) in [7, 11) is 3.05. The highest BCUT2D eigenvalue weighted by molar-refractivity contribution is 9.11. The fourth-order valence-electron chi connectivity index (χ4n) is 1.21. The van der Waals surface area contributed by atoms with E-state index in [1.54, 1.807) is 6.07 Å². The highest BCUT2D eigenvalue weighted by atomic mass is 79.9. The van der Waals surface area contributed by atoms with Crippen molar-refractivity contribution in [2.24, 2.45) is 0 Å². The molecule has 4 nitrogen and oxygen atoms in total. The lowest BCUT2D eigenvalue weighted by molar-refractivity contribution is -0.0974. The summed E-state index contributed by atoms with van der Waals surface area (Å²) >= 11 is 6.65. The molecule has 17 heavy (non-hydrogen) atoms. The van der Waals surface area contributed by atoms with Crippen molar-refractivity contribution >= 4 is 37.8 Å². The van der Waals surface area contributed by atoms with Crippen molar-refractivity contribution in [2.75, 3.05) is 20.8 Å². The van der Waals surface area contributed by atoms with Crippen LogP contribution in [0.15, 0.2) is 27.1 Å². The molecule has 0 aliphatic heterocycles. The number of carbonyl (C=O) groups excluding carboxylic acids is 1. The second-order valence-corrected chi connectivity index (χ2v) is 5.01. The van der Waals surface area contributed by atoms with E-state index in [1.807, 2.05) is 12.1 Å². The molecule has 0 unspecified atom stereocenters. The van der Waals surface area contributed by atoms with Crippen LogP contribution in [-0.4, -0.2) is 33.0 Å². The second kappa shape index (κ2) is 7.10. The predicted octanol–water partition coefficient (Wildman–Crippen LogP) is 2.56. The van der Waals surface area contributed by atoms with Gasteiger partial charge in [-0.15, -0.1) is 0 Å². The van der Waals surface area contributed by atoms with Gasteiger partial charge in [-0.3, -0.25) is 4.79 Å². The minimum absolute atomic E-state index is 0.183. The Morgan fingerprint density at radius 1 is 1.35 bits per heavy atom. The quantitative estimate of drug-likeness (QED) is 0.814. The van der Waals surface area contributed by atoms with Gasteiger partial charge in [0.25, 0.3) is 5.91 Å². The number of rotatable bonds is 5. The van der Waals surface area contributed by atoms with Crippen LogP contribution in [0, 0.1) is 0 Å². The number of hydrogen-bond donors (Lipinski definition) is 1. The highest BCUT2D eigenvalue weighted by Gasteiger charge is 2.12. The third kappa shape index (κ3) is 4.39. The number of methoxy groups -OCH3 is 2. The molecule has 1 rings (SSSR count). The molecule has 0 aliphatic rings. The van der Waals surface area contributed by atoms with Gasteiger partial charge >= 0.3 is 0 Å². The lowest BCUT2D eigenvalue weighted by Gasteiger charge is -2.14. The molecule has 0 aliphatic carbocycles. The van der Waals surface area contributed by atoms with Crippen molar-refractivity contribution in [1.29, 1.82) is 0 Å². The standard InChI is InChI=1S/C11H13Br2NO3/c1-16-10(17-2)6-14-11(15)8-5-7(12)3-4-9(8)13/h3-5,10H,6H2,1-2H3,(H,14,15). The molecule has 0 fully saturated rings. The summed E-state index contributed by atoms with van der Waals surface area (Å²) in [5.74, 6) is -0.183. The smallest absolute Gasteiger partial charge is 0.252 e.